The fourth-order valence-electron chi connectivity index (χ4n) is 3.31. The van der Waals surface area contributed by atoms with Crippen LogP contribution in [0.5, 0.6) is 0 Å². The second-order valence-corrected chi connectivity index (χ2v) is 7.54. The highest BCUT2D eigenvalue weighted by Gasteiger charge is 2.49. The van der Waals surface area contributed by atoms with E-state index in [1.165, 1.54) is 25.3 Å². The summed E-state index contributed by atoms with van der Waals surface area (Å²) in [6, 6.07) is 4.55. The van der Waals surface area contributed by atoms with Crippen molar-refractivity contribution < 1.29 is 19.1 Å². The van der Waals surface area contributed by atoms with Gasteiger partial charge in [-0.1, -0.05) is 18.5 Å². The SMILES string of the molecule is COC(=O)c1ccc(Cl)c(NC(=O)C2CC2C(=O)N2CCC(C)CC2)c1. The largest absolute Gasteiger partial charge is 0.465 e. The summed E-state index contributed by atoms with van der Waals surface area (Å²) in [6.07, 6.45) is 2.60. The number of rotatable bonds is 4. The number of carbonyl (C=O) groups is 3. The second kappa shape index (κ2) is 7.66. The molecule has 2 unspecified atom stereocenters. The van der Waals surface area contributed by atoms with Crippen LogP contribution in [0, 0.1) is 17.8 Å². The van der Waals surface area contributed by atoms with Crippen molar-refractivity contribution in [2.75, 3.05) is 25.5 Å². The molecule has 1 heterocycles. The Hall–Kier alpha value is -2.08. The molecule has 2 atom stereocenters. The van der Waals surface area contributed by atoms with E-state index in [1.807, 2.05) is 4.90 Å². The van der Waals surface area contributed by atoms with Gasteiger partial charge >= 0.3 is 5.97 Å². The van der Waals surface area contributed by atoms with Crippen molar-refractivity contribution in [2.45, 2.75) is 26.2 Å². The summed E-state index contributed by atoms with van der Waals surface area (Å²) in [6.45, 7) is 3.75. The highest BCUT2D eigenvalue weighted by Crippen LogP contribution is 2.41. The minimum absolute atomic E-state index is 0.0754. The van der Waals surface area contributed by atoms with Crippen LogP contribution < -0.4 is 5.32 Å². The number of methoxy groups -OCH3 is 1. The van der Waals surface area contributed by atoms with Crippen LogP contribution in [0.3, 0.4) is 0 Å². The summed E-state index contributed by atoms with van der Waals surface area (Å²) in [5, 5.41) is 3.07. The maximum absolute atomic E-state index is 12.5. The molecule has 1 aliphatic heterocycles. The molecule has 0 spiro atoms. The summed E-state index contributed by atoms with van der Waals surface area (Å²) in [4.78, 5) is 38.5. The third-order valence-corrected chi connectivity index (χ3v) is 5.51. The molecule has 2 fully saturated rings. The maximum Gasteiger partial charge on any atom is 0.337 e. The average Bonchev–Trinajstić information content (AvgIpc) is 3.44. The van der Waals surface area contributed by atoms with Crippen molar-refractivity contribution in [3.05, 3.63) is 28.8 Å². The Morgan fingerprint density at radius 1 is 1.19 bits per heavy atom. The molecule has 1 saturated heterocycles. The zero-order valence-corrected chi connectivity index (χ0v) is 15.7. The molecule has 0 radical (unpaired) electrons. The van der Waals surface area contributed by atoms with Crippen LogP contribution in [0.1, 0.15) is 36.5 Å². The van der Waals surface area contributed by atoms with Gasteiger partial charge in [-0.2, -0.15) is 0 Å². The summed E-state index contributed by atoms with van der Waals surface area (Å²) in [5.74, 6) is -0.590. The summed E-state index contributed by atoms with van der Waals surface area (Å²) in [7, 11) is 1.29. The Morgan fingerprint density at radius 2 is 1.88 bits per heavy atom. The Morgan fingerprint density at radius 3 is 2.54 bits per heavy atom. The lowest BCUT2D eigenvalue weighted by atomic mass is 9.99. The van der Waals surface area contributed by atoms with Gasteiger partial charge in [-0.05, 0) is 43.4 Å². The molecule has 1 N–H and O–H groups in total. The van der Waals surface area contributed by atoms with Crippen LogP contribution in [0.15, 0.2) is 18.2 Å². The van der Waals surface area contributed by atoms with Gasteiger partial charge in [-0.15, -0.1) is 0 Å². The van der Waals surface area contributed by atoms with Crippen LogP contribution in [-0.2, 0) is 14.3 Å². The number of nitrogens with one attached hydrogen (secondary N) is 1. The van der Waals surface area contributed by atoms with E-state index in [2.05, 4.69) is 17.0 Å². The van der Waals surface area contributed by atoms with Gasteiger partial charge in [0.25, 0.3) is 0 Å². The van der Waals surface area contributed by atoms with Crippen molar-refractivity contribution >= 4 is 35.1 Å². The molecule has 1 saturated carbocycles. The van der Waals surface area contributed by atoms with Gasteiger partial charge in [0, 0.05) is 13.1 Å². The van der Waals surface area contributed by atoms with Crippen molar-refractivity contribution in [1.82, 2.24) is 4.90 Å². The van der Waals surface area contributed by atoms with E-state index >= 15 is 0 Å². The van der Waals surface area contributed by atoms with Crippen LogP contribution in [-0.4, -0.2) is 42.9 Å². The fourth-order valence-corrected chi connectivity index (χ4v) is 3.48. The van der Waals surface area contributed by atoms with Crippen LogP contribution in [0.2, 0.25) is 5.02 Å². The molecule has 0 bridgehead atoms. The normalized spacial score (nSPS) is 22.7. The lowest BCUT2D eigenvalue weighted by Gasteiger charge is -2.30. The number of likely N-dealkylation sites (tertiary alicyclic amines) is 1. The van der Waals surface area contributed by atoms with E-state index in [-0.39, 0.29) is 23.7 Å². The molecule has 26 heavy (non-hydrogen) atoms. The minimum Gasteiger partial charge on any atom is -0.465 e. The fraction of sp³-hybridized carbons (Fsp3) is 0.526. The van der Waals surface area contributed by atoms with Gasteiger partial charge in [0.15, 0.2) is 0 Å². The molecule has 140 valence electrons. The number of anilines is 1. The summed E-state index contributed by atoms with van der Waals surface area (Å²) >= 11 is 6.11. The van der Waals surface area contributed by atoms with E-state index in [4.69, 9.17) is 11.6 Å². The number of nitrogens with zero attached hydrogens (tertiary/aromatic N) is 1. The lowest BCUT2D eigenvalue weighted by Crippen LogP contribution is -2.39. The Balaban J connectivity index is 1.60. The number of halogens is 1. The van der Waals surface area contributed by atoms with E-state index in [0.29, 0.717) is 28.6 Å². The number of amides is 2. The van der Waals surface area contributed by atoms with Crippen molar-refractivity contribution in [2.24, 2.45) is 17.8 Å². The number of ether oxygens (including phenoxy) is 1. The van der Waals surface area contributed by atoms with E-state index in [0.717, 1.165) is 25.9 Å². The van der Waals surface area contributed by atoms with Crippen molar-refractivity contribution in [1.29, 1.82) is 0 Å². The topological polar surface area (TPSA) is 75.7 Å². The first-order valence-corrected chi connectivity index (χ1v) is 9.26. The summed E-state index contributed by atoms with van der Waals surface area (Å²) in [5.41, 5.74) is 0.655. The van der Waals surface area contributed by atoms with Gasteiger partial charge < -0.3 is 15.0 Å². The predicted molar refractivity (Wildman–Crippen MR) is 98.0 cm³/mol. The van der Waals surface area contributed by atoms with Gasteiger partial charge in [0.2, 0.25) is 11.8 Å². The Labute approximate surface area is 157 Å². The second-order valence-electron chi connectivity index (χ2n) is 7.13. The molecule has 1 aromatic carbocycles. The van der Waals surface area contributed by atoms with Gasteiger partial charge in [0.05, 0.1) is 35.2 Å². The predicted octanol–water partition coefficient (Wildman–Crippen LogP) is 2.96. The first-order valence-electron chi connectivity index (χ1n) is 8.88. The summed E-state index contributed by atoms with van der Waals surface area (Å²) < 4.78 is 4.67. The number of esters is 1. The third kappa shape index (κ3) is 4.01. The zero-order chi connectivity index (χ0) is 18.8. The van der Waals surface area contributed by atoms with Crippen molar-refractivity contribution in [3.8, 4) is 0 Å². The molecular formula is C19H23ClN2O4. The van der Waals surface area contributed by atoms with Crippen LogP contribution in [0.25, 0.3) is 0 Å². The standard InChI is InChI=1S/C19H23ClN2O4/c1-11-5-7-22(8-6-11)18(24)14-10-13(14)17(23)21-16-9-12(19(25)26-2)3-4-15(16)20/h3-4,9,11,13-14H,5-8,10H2,1-2H3,(H,21,23). The molecule has 1 aromatic rings. The van der Waals surface area contributed by atoms with E-state index in [9.17, 15) is 14.4 Å². The molecule has 3 rings (SSSR count). The molecule has 6 nitrogen and oxygen atoms in total. The van der Waals surface area contributed by atoms with Crippen LogP contribution in [0.4, 0.5) is 5.69 Å². The molecule has 7 heteroatoms. The molecule has 0 aromatic heterocycles. The number of piperidine rings is 1. The average molecular weight is 379 g/mol. The molecule has 2 aliphatic rings. The molecular weight excluding hydrogens is 356 g/mol. The van der Waals surface area contributed by atoms with Crippen LogP contribution >= 0.6 is 11.6 Å². The van der Waals surface area contributed by atoms with Gasteiger partial charge in [0.1, 0.15) is 0 Å². The number of hydrogen-bond donors (Lipinski definition) is 1. The minimum atomic E-state index is -0.504. The lowest BCUT2D eigenvalue weighted by molar-refractivity contribution is -0.135. The Bertz CT molecular complexity index is 728. The number of hydrogen-bond acceptors (Lipinski definition) is 4. The number of carbonyl (C=O) groups excluding carboxylic acids is 3. The molecule has 2 amide bonds. The first-order chi connectivity index (χ1) is 12.4. The van der Waals surface area contributed by atoms with Gasteiger partial charge in [-0.25, -0.2) is 4.79 Å². The third-order valence-electron chi connectivity index (χ3n) is 5.19. The maximum atomic E-state index is 12.5. The number of benzene rings is 1. The molecule has 1 aliphatic carbocycles. The van der Waals surface area contributed by atoms with E-state index in [1.54, 1.807) is 0 Å². The quantitative estimate of drug-likeness (QED) is 0.817. The highest BCUT2D eigenvalue weighted by atomic mass is 35.5. The highest BCUT2D eigenvalue weighted by molar-refractivity contribution is 6.34. The Kier molecular flexibility index (Phi) is 5.51. The zero-order valence-electron chi connectivity index (χ0n) is 15.0. The first kappa shape index (κ1) is 18.7. The smallest absolute Gasteiger partial charge is 0.337 e. The van der Waals surface area contributed by atoms with Crippen molar-refractivity contribution in [3.63, 3.8) is 0 Å². The monoisotopic (exact) mass is 378 g/mol. The van der Waals surface area contributed by atoms with Gasteiger partial charge in [-0.3, -0.25) is 9.59 Å². The van der Waals surface area contributed by atoms with E-state index < -0.39 is 5.97 Å².